The van der Waals surface area contributed by atoms with Crippen molar-refractivity contribution in [2.45, 2.75) is 63.8 Å². The van der Waals surface area contributed by atoms with Gasteiger partial charge in [0.05, 0.1) is 12.6 Å². The molecule has 0 radical (unpaired) electrons. The lowest BCUT2D eigenvalue weighted by Crippen LogP contribution is -2.80. The molecule has 3 rings (SSSR count). The smallest absolute Gasteiger partial charge is 0.256 e. The molecule has 3 aliphatic rings. The van der Waals surface area contributed by atoms with Gasteiger partial charge >= 0.3 is 0 Å². The van der Waals surface area contributed by atoms with Crippen LogP contribution in [0.4, 0.5) is 0 Å². The number of amides is 1. The highest BCUT2D eigenvalue weighted by molar-refractivity contribution is 5.89. The maximum absolute atomic E-state index is 12.3. The van der Waals surface area contributed by atoms with Gasteiger partial charge in [-0.3, -0.25) is 4.79 Å². The number of ether oxygens (including phenoxy) is 2. The lowest BCUT2D eigenvalue weighted by molar-refractivity contribution is -0.298. The molecular weight excluding hydrogens is 230 g/mol. The molecule has 102 valence electrons. The van der Waals surface area contributed by atoms with Crippen molar-refractivity contribution in [1.82, 2.24) is 4.90 Å². The van der Waals surface area contributed by atoms with Gasteiger partial charge < -0.3 is 14.4 Å². The SMILES string of the molecule is CO[C@@H]1C(=O)N2[C@H]1C(C)(C)COC21CCCCC1. The van der Waals surface area contributed by atoms with E-state index in [9.17, 15) is 4.79 Å². The van der Waals surface area contributed by atoms with E-state index >= 15 is 0 Å². The van der Waals surface area contributed by atoms with Crippen LogP contribution in [0.2, 0.25) is 0 Å². The minimum absolute atomic E-state index is 0.0166. The van der Waals surface area contributed by atoms with Gasteiger partial charge in [0.1, 0.15) is 5.72 Å². The first-order chi connectivity index (χ1) is 8.52. The van der Waals surface area contributed by atoms with E-state index in [4.69, 9.17) is 9.47 Å². The molecule has 1 aliphatic carbocycles. The average molecular weight is 253 g/mol. The predicted molar refractivity (Wildman–Crippen MR) is 67.0 cm³/mol. The Hall–Kier alpha value is -0.610. The van der Waals surface area contributed by atoms with E-state index in [0.29, 0.717) is 0 Å². The van der Waals surface area contributed by atoms with E-state index in [1.54, 1.807) is 7.11 Å². The van der Waals surface area contributed by atoms with Crippen molar-refractivity contribution in [3.05, 3.63) is 0 Å². The fourth-order valence-corrected chi connectivity index (χ4v) is 3.87. The highest BCUT2D eigenvalue weighted by Crippen LogP contribution is 2.51. The number of fused-ring (bicyclic) bond motifs is 2. The van der Waals surface area contributed by atoms with Crippen molar-refractivity contribution >= 4 is 5.91 Å². The van der Waals surface area contributed by atoms with E-state index < -0.39 is 0 Å². The fourth-order valence-electron chi connectivity index (χ4n) is 3.87. The van der Waals surface area contributed by atoms with Gasteiger partial charge in [-0.05, 0) is 25.7 Å². The number of hydrogen-bond donors (Lipinski definition) is 0. The normalized spacial score (nSPS) is 37.3. The first-order valence-electron chi connectivity index (χ1n) is 7.02. The van der Waals surface area contributed by atoms with Gasteiger partial charge in [-0.2, -0.15) is 0 Å². The fraction of sp³-hybridized carbons (Fsp3) is 0.929. The quantitative estimate of drug-likeness (QED) is 0.670. The molecule has 1 spiro atoms. The molecule has 0 aromatic rings. The molecule has 3 fully saturated rings. The zero-order valence-corrected chi connectivity index (χ0v) is 11.6. The summed E-state index contributed by atoms with van der Waals surface area (Å²) in [5, 5.41) is 0. The van der Waals surface area contributed by atoms with Gasteiger partial charge in [-0.15, -0.1) is 0 Å². The van der Waals surface area contributed by atoms with Crippen LogP contribution in [0.1, 0.15) is 46.0 Å². The van der Waals surface area contributed by atoms with Crippen LogP contribution in [0.25, 0.3) is 0 Å². The van der Waals surface area contributed by atoms with Crippen LogP contribution in [-0.2, 0) is 14.3 Å². The van der Waals surface area contributed by atoms with Crippen LogP contribution in [0, 0.1) is 5.41 Å². The number of methoxy groups -OCH3 is 1. The van der Waals surface area contributed by atoms with Gasteiger partial charge in [0, 0.05) is 12.5 Å². The molecule has 1 saturated carbocycles. The molecule has 2 saturated heterocycles. The van der Waals surface area contributed by atoms with Crippen LogP contribution in [0.15, 0.2) is 0 Å². The highest BCUT2D eigenvalue weighted by atomic mass is 16.5. The van der Waals surface area contributed by atoms with Crippen molar-refractivity contribution in [2.24, 2.45) is 5.41 Å². The van der Waals surface area contributed by atoms with E-state index in [1.807, 2.05) is 4.90 Å². The third-order valence-corrected chi connectivity index (χ3v) is 4.89. The summed E-state index contributed by atoms with van der Waals surface area (Å²) in [5.74, 6) is 0.122. The largest absolute Gasteiger partial charge is 0.369 e. The van der Waals surface area contributed by atoms with Crippen molar-refractivity contribution < 1.29 is 14.3 Å². The van der Waals surface area contributed by atoms with E-state index in [0.717, 1.165) is 32.3 Å². The van der Waals surface area contributed by atoms with Crippen LogP contribution < -0.4 is 0 Å². The zero-order valence-electron chi connectivity index (χ0n) is 11.6. The van der Waals surface area contributed by atoms with Crippen molar-refractivity contribution in [3.8, 4) is 0 Å². The van der Waals surface area contributed by atoms with Crippen LogP contribution in [0.3, 0.4) is 0 Å². The molecule has 0 unspecified atom stereocenters. The molecule has 0 aromatic heterocycles. The van der Waals surface area contributed by atoms with Gasteiger partial charge in [-0.1, -0.05) is 20.3 Å². The Kier molecular flexibility index (Phi) is 2.72. The summed E-state index contributed by atoms with van der Waals surface area (Å²) in [6.07, 6.45) is 5.30. The third-order valence-electron chi connectivity index (χ3n) is 4.89. The highest BCUT2D eigenvalue weighted by Gasteiger charge is 2.65. The summed E-state index contributed by atoms with van der Waals surface area (Å²) in [6.45, 7) is 5.05. The molecule has 0 bridgehead atoms. The molecule has 2 heterocycles. The number of β-lactam (4-membered cyclic amide) rings is 1. The maximum atomic E-state index is 12.3. The molecule has 0 aromatic carbocycles. The monoisotopic (exact) mass is 253 g/mol. The lowest BCUT2D eigenvalue weighted by atomic mass is 9.70. The van der Waals surface area contributed by atoms with E-state index in [1.165, 1.54) is 6.42 Å². The molecule has 18 heavy (non-hydrogen) atoms. The van der Waals surface area contributed by atoms with Crippen LogP contribution in [-0.4, -0.2) is 42.4 Å². The minimum Gasteiger partial charge on any atom is -0.369 e. The molecular formula is C14H23NO3. The summed E-state index contributed by atoms with van der Waals surface area (Å²) in [4.78, 5) is 14.3. The zero-order chi connectivity index (χ0) is 13.0. The number of nitrogens with zero attached hydrogens (tertiary/aromatic N) is 1. The lowest BCUT2D eigenvalue weighted by Gasteiger charge is -2.65. The second-order valence-electron chi connectivity index (χ2n) is 6.59. The standard InChI is InChI=1S/C14H23NO3/c1-13(2)9-18-14(7-5-4-6-8-14)15-11(13)10(17-3)12(15)16/h10-11H,4-9H2,1-3H3/t10-,11+/m0/s1. The van der Waals surface area contributed by atoms with Crippen molar-refractivity contribution in [2.75, 3.05) is 13.7 Å². The Morgan fingerprint density at radius 3 is 2.56 bits per heavy atom. The maximum Gasteiger partial charge on any atom is 0.256 e. The first kappa shape index (κ1) is 12.4. The van der Waals surface area contributed by atoms with E-state index in [2.05, 4.69) is 13.8 Å². The number of hydrogen-bond acceptors (Lipinski definition) is 3. The molecule has 0 N–H and O–H groups in total. The Morgan fingerprint density at radius 2 is 1.94 bits per heavy atom. The van der Waals surface area contributed by atoms with Gasteiger partial charge in [0.25, 0.3) is 5.91 Å². The third kappa shape index (κ3) is 1.48. The molecule has 2 aliphatic heterocycles. The molecule has 1 amide bonds. The van der Waals surface area contributed by atoms with Crippen molar-refractivity contribution in [3.63, 3.8) is 0 Å². The summed E-state index contributed by atoms with van der Waals surface area (Å²) in [6, 6.07) is 0.182. The minimum atomic E-state index is -0.315. The van der Waals surface area contributed by atoms with Gasteiger partial charge in [-0.25, -0.2) is 0 Å². The number of carbonyl (C=O) groups is 1. The summed E-state index contributed by atoms with van der Waals surface area (Å²) in [5.41, 5.74) is -0.332. The summed E-state index contributed by atoms with van der Waals surface area (Å²) >= 11 is 0. The number of rotatable bonds is 1. The first-order valence-corrected chi connectivity index (χ1v) is 7.02. The average Bonchev–Trinajstić information content (AvgIpc) is 2.34. The topological polar surface area (TPSA) is 38.8 Å². The Balaban J connectivity index is 1.91. The predicted octanol–water partition coefficient (Wildman–Crippen LogP) is 1.93. The van der Waals surface area contributed by atoms with E-state index in [-0.39, 0.29) is 29.2 Å². The summed E-state index contributed by atoms with van der Waals surface area (Å²) in [7, 11) is 1.64. The second kappa shape index (κ2) is 3.94. The molecule has 4 nitrogen and oxygen atoms in total. The Bertz CT molecular complexity index is 360. The van der Waals surface area contributed by atoms with Crippen molar-refractivity contribution in [1.29, 1.82) is 0 Å². The van der Waals surface area contributed by atoms with Gasteiger partial charge in [0.15, 0.2) is 6.10 Å². The Labute approximate surface area is 109 Å². The second-order valence-corrected chi connectivity index (χ2v) is 6.59. The van der Waals surface area contributed by atoms with Gasteiger partial charge in [0.2, 0.25) is 0 Å². The molecule has 2 atom stereocenters. The summed E-state index contributed by atoms with van der Waals surface area (Å²) < 4.78 is 11.6. The molecule has 4 heteroatoms. The number of carbonyl (C=O) groups excluding carboxylic acids is 1. The van der Waals surface area contributed by atoms with Crippen LogP contribution >= 0.6 is 0 Å². The van der Waals surface area contributed by atoms with Crippen LogP contribution in [0.5, 0.6) is 0 Å². The Morgan fingerprint density at radius 1 is 1.28 bits per heavy atom.